The lowest BCUT2D eigenvalue weighted by atomic mass is 10.1. The van der Waals surface area contributed by atoms with Gasteiger partial charge < -0.3 is 25.2 Å². The van der Waals surface area contributed by atoms with E-state index in [-0.39, 0.29) is 17.1 Å². The van der Waals surface area contributed by atoms with Crippen molar-refractivity contribution >= 4 is 5.52 Å². The lowest BCUT2D eigenvalue weighted by molar-refractivity contribution is -0.0204. The van der Waals surface area contributed by atoms with Crippen molar-refractivity contribution in [2.45, 2.75) is 24.5 Å². The van der Waals surface area contributed by atoms with E-state index < -0.39 is 31.1 Å². The second-order valence-corrected chi connectivity index (χ2v) is 5.62. The summed E-state index contributed by atoms with van der Waals surface area (Å²) in [5.74, 6) is 0.189. The van der Waals surface area contributed by atoms with E-state index in [0.717, 1.165) is 0 Å². The Balaban J connectivity index is 1.88. The van der Waals surface area contributed by atoms with E-state index in [1.807, 2.05) is 0 Å². The molecule has 1 aromatic rings. The first kappa shape index (κ1) is 15.8. The molecule has 0 amide bonds. The summed E-state index contributed by atoms with van der Waals surface area (Å²) in [6.45, 7) is -0.450. The van der Waals surface area contributed by atoms with Crippen molar-refractivity contribution in [3.63, 3.8) is 0 Å². The van der Waals surface area contributed by atoms with Crippen molar-refractivity contribution in [2.24, 2.45) is 4.99 Å². The van der Waals surface area contributed by atoms with Crippen molar-refractivity contribution in [1.29, 1.82) is 0 Å². The first-order valence-corrected chi connectivity index (χ1v) is 7.57. The molecule has 0 spiro atoms. The summed E-state index contributed by atoms with van der Waals surface area (Å²) in [7, 11) is 0. The van der Waals surface area contributed by atoms with Gasteiger partial charge in [-0.25, -0.2) is 19.9 Å². The lowest BCUT2D eigenvalue weighted by Crippen LogP contribution is -2.34. The van der Waals surface area contributed by atoms with Gasteiger partial charge in [0.1, 0.15) is 30.2 Å². The molecule has 130 valence electrons. The summed E-state index contributed by atoms with van der Waals surface area (Å²) in [5.41, 5.74) is 0.766. The molecule has 0 radical (unpaired) electrons. The maximum absolute atomic E-state index is 10.1. The lowest BCUT2D eigenvalue weighted by Gasteiger charge is -2.12. The van der Waals surface area contributed by atoms with Crippen LogP contribution in [0.25, 0.3) is 17.0 Å². The van der Waals surface area contributed by atoms with Crippen molar-refractivity contribution in [2.75, 3.05) is 6.61 Å². The molecule has 4 rings (SSSR count). The van der Waals surface area contributed by atoms with Gasteiger partial charge in [0.05, 0.1) is 6.61 Å². The Morgan fingerprint density at radius 3 is 2.80 bits per heavy atom. The van der Waals surface area contributed by atoms with Crippen LogP contribution in [0.3, 0.4) is 0 Å². The van der Waals surface area contributed by atoms with Gasteiger partial charge in [-0.3, -0.25) is 4.40 Å². The first-order chi connectivity index (χ1) is 12.1. The molecule has 0 saturated carbocycles. The number of hydrogen-bond acceptors (Lipinski definition) is 9. The highest BCUT2D eigenvalue weighted by molar-refractivity contribution is 5.64. The van der Waals surface area contributed by atoms with Crippen LogP contribution in [-0.4, -0.2) is 70.9 Å². The zero-order valence-corrected chi connectivity index (χ0v) is 12.8. The molecule has 1 saturated heterocycles. The number of hydrogen-bond donors (Lipinski definition) is 4. The topological polar surface area (TPSA) is 146 Å². The maximum Gasteiger partial charge on any atom is 0.236 e. The Labute approximate surface area is 140 Å². The Morgan fingerprint density at radius 1 is 1.20 bits per heavy atom. The van der Waals surface area contributed by atoms with Crippen LogP contribution < -0.4 is 5.49 Å². The van der Waals surface area contributed by atoms with E-state index in [2.05, 4.69) is 19.9 Å². The minimum absolute atomic E-state index is 0.0911. The largest absolute Gasteiger partial charge is 0.492 e. The molecular weight excluding hydrogens is 330 g/mol. The highest BCUT2D eigenvalue weighted by atomic mass is 16.6. The number of ether oxygens (including phenoxy) is 1. The summed E-state index contributed by atoms with van der Waals surface area (Å²) in [6, 6.07) is 5.22. The number of fused-ring (bicyclic) bond motifs is 3. The van der Waals surface area contributed by atoms with Crippen LogP contribution in [0.2, 0.25) is 0 Å². The van der Waals surface area contributed by atoms with Crippen LogP contribution in [-0.2, 0) is 4.74 Å². The second-order valence-electron chi connectivity index (χ2n) is 5.62. The summed E-state index contributed by atoms with van der Waals surface area (Å²) in [4.78, 5) is 16.5. The van der Waals surface area contributed by atoms with Gasteiger partial charge in [0.25, 0.3) is 0 Å². The molecule has 0 aromatic carbocycles. The highest BCUT2D eigenvalue weighted by Gasteiger charge is 2.42. The molecule has 1 unspecified atom stereocenters. The molecule has 0 bridgehead atoms. The van der Waals surface area contributed by atoms with E-state index in [0.29, 0.717) is 11.3 Å². The molecule has 4 heterocycles. The highest BCUT2D eigenvalue weighted by Crippen LogP contribution is 2.24. The molecule has 25 heavy (non-hydrogen) atoms. The average Bonchev–Trinajstić information content (AvgIpc) is 2.90. The summed E-state index contributed by atoms with van der Waals surface area (Å²) in [6.07, 6.45) is -1.64. The minimum atomic E-state index is -1.32. The minimum Gasteiger partial charge on any atom is -0.492 e. The van der Waals surface area contributed by atoms with Crippen molar-refractivity contribution in [3.8, 4) is 17.4 Å². The van der Waals surface area contributed by atoms with E-state index in [1.54, 1.807) is 28.8 Å². The van der Waals surface area contributed by atoms with Gasteiger partial charge in [0.2, 0.25) is 5.88 Å². The van der Waals surface area contributed by atoms with Crippen LogP contribution in [0, 0.1) is 0 Å². The standard InChI is InChI=1S/C15H15N5O5/c21-5-8-10(22)11(23)15(25-8)19-12-9-13(17-6-16-12)20-4-2-1-3-7(20)14(24)18-9/h1-4,6,8,10-11,15,21-24H,5H2/b19-12-/t8-,10-,11-,15?/m1/s1. The molecule has 0 aliphatic carbocycles. The normalized spacial score (nSPS) is 27.4. The summed E-state index contributed by atoms with van der Waals surface area (Å²) < 4.78 is 6.97. The third-order valence-electron chi connectivity index (χ3n) is 4.09. The second kappa shape index (κ2) is 6.01. The van der Waals surface area contributed by atoms with Crippen LogP contribution in [0.5, 0.6) is 5.88 Å². The van der Waals surface area contributed by atoms with Crippen molar-refractivity contribution in [3.05, 3.63) is 36.2 Å². The molecular formula is C15H15N5O5. The van der Waals surface area contributed by atoms with Gasteiger partial charge in [-0.2, -0.15) is 0 Å². The molecule has 4 N–H and O–H groups in total. The SMILES string of the molecule is OC[C@H]1OC(/N=c2\ncnc3n4ccccc4c(O)nc2-3)[C@H](O)[C@@H]1O. The molecule has 4 atom stereocenters. The number of aromatic nitrogens is 4. The molecule has 3 aliphatic heterocycles. The predicted molar refractivity (Wildman–Crippen MR) is 82.4 cm³/mol. The van der Waals surface area contributed by atoms with E-state index in [1.165, 1.54) is 6.33 Å². The van der Waals surface area contributed by atoms with Crippen LogP contribution >= 0.6 is 0 Å². The van der Waals surface area contributed by atoms with Gasteiger partial charge in [-0.15, -0.1) is 0 Å². The number of rotatable bonds is 2. The van der Waals surface area contributed by atoms with Crippen LogP contribution in [0.1, 0.15) is 0 Å². The van der Waals surface area contributed by atoms with Crippen LogP contribution in [0.15, 0.2) is 35.7 Å². The Morgan fingerprint density at radius 2 is 2.04 bits per heavy atom. The number of nitrogens with zero attached hydrogens (tertiary/aromatic N) is 5. The Hall–Kier alpha value is -2.66. The van der Waals surface area contributed by atoms with Crippen LogP contribution in [0.4, 0.5) is 0 Å². The predicted octanol–water partition coefficient (Wildman–Crippen LogP) is -1.73. The Kier molecular flexibility index (Phi) is 3.81. The quantitative estimate of drug-likeness (QED) is 0.401. The van der Waals surface area contributed by atoms with E-state index >= 15 is 0 Å². The third-order valence-corrected chi connectivity index (χ3v) is 4.09. The maximum atomic E-state index is 10.1. The zero-order valence-electron chi connectivity index (χ0n) is 12.8. The summed E-state index contributed by atoms with van der Waals surface area (Å²) >= 11 is 0. The molecule has 10 nitrogen and oxygen atoms in total. The molecule has 10 heteroatoms. The van der Waals surface area contributed by atoms with Crippen molar-refractivity contribution < 1.29 is 25.2 Å². The fourth-order valence-electron chi connectivity index (χ4n) is 2.81. The Bertz CT molecular complexity index is 961. The van der Waals surface area contributed by atoms with E-state index in [4.69, 9.17) is 9.84 Å². The molecule has 1 fully saturated rings. The van der Waals surface area contributed by atoms with Gasteiger partial charge in [0, 0.05) is 6.20 Å². The zero-order chi connectivity index (χ0) is 17.6. The van der Waals surface area contributed by atoms with E-state index in [9.17, 15) is 15.3 Å². The van der Waals surface area contributed by atoms with Gasteiger partial charge in [0.15, 0.2) is 23.2 Å². The van der Waals surface area contributed by atoms with Gasteiger partial charge in [-0.1, -0.05) is 6.07 Å². The number of pyridine rings is 1. The van der Waals surface area contributed by atoms with Crippen molar-refractivity contribution in [1.82, 2.24) is 19.4 Å². The first-order valence-electron chi connectivity index (χ1n) is 7.57. The number of aromatic hydroxyl groups is 1. The van der Waals surface area contributed by atoms with Gasteiger partial charge >= 0.3 is 0 Å². The molecule has 1 aromatic heterocycles. The number of aliphatic hydroxyl groups excluding tert-OH is 3. The van der Waals surface area contributed by atoms with Gasteiger partial charge in [-0.05, 0) is 12.1 Å². The third kappa shape index (κ3) is 2.51. The fourth-order valence-corrected chi connectivity index (χ4v) is 2.81. The number of aliphatic hydroxyl groups is 3. The fraction of sp³-hybridized carbons (Fsp3) is 0.333. The smallest absolute Gasteiger partial charge is 0.236 e. The average molecular weight is 345 g/mol. The molecule has 3 aliphatic rings. The monoisotopic (exact) mass is 345 g/mol. The summed E-state index contributed by atoms with van der Waals surface area (Å²) in [5, 5.41) is 39.1.